The van der Waals surface area contributed by atoms with E-state index < -0.39 is 0 Å². The van der Waals surface area contributed by atoms with E-state index in [1.54, 1.807) is 24.8 Å². The van der Waals surface area contributed by atoms with E-state index in [1.807, 2.05) is 54.6 Å². The molecule has 124 valence electrons. The molecule has 0 saturated heterocycles. The van der Waals surface area contributed by atoms with Crippen molar-refractivity contribution in [2.75, 3.05) is 0 Å². The van der Waals surface area contributed by atoms with Crippen LogP contribution in [0.1, 0.15) is 11.1 Å². The molecule has 0 bridgehead atoms. The van der Waals surface area contributed by atoms with Crippen molar-refractivity contribution in [1.82, 2.24) is 20.4 Å². The zero-order valence-electron chi connectivity index (χ0n) is 13.8. The summed E-state index contributed by atoms with van der Waals surface area (Å²) in [6, 6.07) is 26.3. The number of aromatic amines is 1. The highest BCUT2D eigenvalue weighted by Crippen LogP contribution is 2.06. The van der Waals surface area contributed by atoms with Crippen molar-refractivity contribution in [3.8, 4) is 0 Å². The van der Waals surface area contributed by atoms with Gasteiger partial charge >= 0.3 is 0 Å². The smallest absolute Gasteiger partial charge is 0.0690 e. The van der Waals surface area contributed by atoms with Crippen LogP contribution in [0, 0.1) is 0 Å². The molecule has 2 heterocycles. The van der Waals surface area contributed by atoms with Gasteiger partial charge in [0.25, 0.3) is 0 Å². The third-order valence-corrected chi connectivity index (χ3v) is 2.97. The molecule has 1 N–H and O–H groups in total. The molecule has 0 atom stereocenters. The summed E-state index contributed by atoms with van der Waals surface area (Å²) >= 11 is 0. The van der Waals surface area contributed by atoms with Crippen LogP contribution in [0.3, 0.4) is 0 Å². The lowest BCUT2D eigenvalue weighted by atomic mass is 10.1. The Bertz CT molecular complexity index is 698. The van der Waals surface area contributed by atoms with Crippen LogP contribution in [-0.4, -0.2) is 20.4 Å². The molecule has 0 saturated carbocycles. The van der Waals surface area contributed by atoms with E-state index in [0.29, 0.717) is 0 Å². The molecule has 0 aliphatic rings. The minimum atomic E-state index is 1.23. The first-order valence-electron chi connectivity index (χ1n) is 7.88. The van der Waals surface area contributed by atoms with Gasteiger partial charge in [0, 0.05) is 12.4 Å². The van der Waals surface area contributed by atoms with Crippen LogP contribution >= 0.6 is 0 Å². The van der Waals surface area contributed by atoms with Crippen molar-refractivity contribution in [2.45, 2.75) is 0 Å². The van der Waals surface area contributed by atoms with Crippen molar-refractivity contribution < 1.29 is 0 Å². The lowest BCUT2D eigenvalue weighted by Crippen LogP contribution is -1.70. The predicted octanol–water partition coefficient (Wildman–Crippen LogP) is 4.74. The first-order chi connectivity index (χ1) is 12.4. The highest BCUT2D eigenvalue weighted by atomic mass is 15.3. The van der Waals surface area contributed by atoms with Gasteiger partial charge < -0.3 is 0 Å². The maximum Gasteiger partial charge on any atom is 0.0690 e. The number of nitrogens with one attached hydrogen (secondary N) is 1. The molecule has 2 aromatic carbocycles. The highest BCUT2D eigenvalue weighted by Gasteiger charge is 1.84. The number of hydrogen-bond donors (Lipinski definition) is 1. The second-order valence-corrected chi connectivity index (χ2v) is 4.84. The molecule has 4 heteroatoms. The third kappa shape index (κ3) is 8.62. The standard InChI is InChI=1S/C14H12.C5H5N.C2H3N3/c1-3-7-13(8-4-1)11-12-14-9-5-2-6-10-14;1-2-4-6-5-3-1;1-2-4-5-3-1/h1-12H;1-5H;1-2H,(H,3,4,5). The molecule has 2 aromatic heterocycles. The number of pyridine rings is 1. The summed E-state index contributed by atoms with van der Waals surface area (Å²) < 4.78 is 0. The van der Waals surface area contributed by atoms with Gasteiger partial charge in [-0.15, -0.1) is 0 Å². The molecule has 0 aliphatic heterocycles. The minimum absolute atomic E-state index is 1.23. The fourth-order valence-corrected chi connectivity index (χ4v) is 1.80. The van der Waals surface area contributed by atoms with Gasteiger partial charge in [0.1, 0.15) is 0 Å². The Balaban J connectivity index is 0.000000167. The number of H-pyrrole nitrogens is 1. The van der Waals surface area contributed by atoms with Gasteiger partial charge in [0.2, 0.25) is 0 Å². The maximum atomic E-state index is 3.78. The van der Waals surface area contributed by atoms with Crippen LogP contribution < -0.4 is 0 Å². The largest absolute Gasteiger partial charge is 0.265 e. The Morgan fingerprint density at radius 1 is 0.520 bits per heavy atom. The SMILES string of the molecule is C(=Cc1ccccc1)c1ccccc1.c1ccncc1.c1cn[nH]n1. The summed E-state index contributed by atoms with van der Waals surface area (Å²) in [4.78, 5) is 3.78. The lowest BCUT2D eigenvalue weighted by Gasteiger charge is -1.92. The molecule has 0 fully saturated rings. The van der Waals surface area contributed by atoms with Crippen molar-refractivity contribution in [3.63, 3.8) is 0 Å². The summed E-state index contributed by atoms with van der Waals surface area (Å²) in [6.45, 7) is 0. The molecule has 0 radical (unpaired) electrons. The summed E-state index contributed by atoms with van der Waals surface area (Å²) in [5.74, 6) is 0. The van der Waals surface area contributed by atoms with Crippen LogP contribution in [0.2, 0.25) is 0 Å². The minimum Gasteiger partial charge on any atom is -0.265 e. The molecule has 0 amide bonds. The second-order valence-electron chi connectivity index (χ2n) is 4.84. The van der Waals surface area contributed by atoms with Crippen LogP contribution in [0.15, 0.2) is 104 Å². The van der Waals surface area contributed by atoms with E-state index in [9.17, 15) is 0 Å². The lowest BCUT2D eigenvalue weighted by molar-refractivity contribution is 0.940. The predicted molar refractivity (Wildman–Crippen MR) is 102 cm³/mol. The number of hydrogen-bond acceptors (Lipinski definition) is 3. The Kier molecular flexibility index (Phi) is 8.53. The van der Waals surface area contributed by atoms with E-state index in [0.717, 1.165) is 0 Å². The van der Waals surface area contributed by atoms with E-state index in [4.69, 9.17) is 0 Å². The van der Waals surface area contributed by atoms with Gasteiger partial charge in [-0.1, -0.05) is 78.9 Å². The Morgan fingerprint density at radius 3 is 1.24 bits per heavy atom. The van der Waals surface area contributed by atoms with E-state index in [-0.39, 0.29) is 0 Å². The van der Waals surface area contributed by atoms with Crippen molar-refractivity contribution in [1.29, 1.82) is 0 Å². The Labute approximate surface area is 147 Å². The molecule has 4 aromatic rings. The zero-order chi connectivity index (χ0) is 17.4. The van der Waals surface area contributed by atoms with Crippen LogP contribution in [-0.2, 0) is 0 Å². The molecular weight excluding hydrogens is 308 g/mol. The Morgan fingerprint density at radius 2 is 0.960 bits per heavy atom. The number of rotatable bonds is 2. The summed E-state index contributed by atoms with van der Waals surface area (Å²) in [5, 5.41) is 9.33. The number of aromatic nitrogens is 4. The number of nitrogens with zero attached hydrogens (tertiary/aromatic N) is 3. The summed E-state index contributed by atoms with van der Waals surface area (Å²) in [7, 11) is 0. The van der Waals surface area contributed by atoms with Gasteiger partial charge in [0.15, 0.2) is 0 Å². The molecule has 0 aliphatic carbocycles. The topological polar surface area (TPSA) is 54.5 Å². The molecule has 25 heavy (non-hydrogen) atoms. The highest BCUT2D eigenvalue weighted by molar-refractivity contribution is 5.69. The first-order valence-corrected chi connectivity index (χ1v) is 7.88. The molecular formula is C21H20N4. The van der Waals surface area contributed by atoms with Crippen LogP contribution in [0.5, 0.6) is 0 Å². The van der Waals surface area contributed by atoms with Gasteiger partial charge in [-0.2, -0.15) is 15.4 Å². The Hall–Kier alpha value is -3.53. The number of benzene rings is 2. The average molecular weight is 328 g/mol. The summed E-state index contributed by atoms with van der Waals surface area (Å²) in [5.41, 5.74) is 2.47. The fraction of sp³-hybridized carbons (Fsp3) is 0. The third-order valence-electron chi connectivity index (χ3n) is 2.97. The van der Waals surface area contributed by atoms with Crippen molar-refractivity contribution in [2.24, 2.45) is 0 Å². The van der Waals surface area contributed by atoms with Gasteiger partial charge in [0.05, 0.1) is 12.4 Å². The van der Waals surface area contributed by atoms with Gasteiger partial charge in [-0.25, -0.2) is 0 Å². The normalized spacial score (nSPS) is 9.44. The zero-order valence-corrected chi connectivity index (χ0v) is 13.8. The second kappa shape index (κ2) is 12.0. The van der Waals surface area contributed by atoms with Crippen molar-refractivity contribution in [3.05, 3.63) is 115 Å². The molecule has 4 rings (SSSR count). The quantitative estimate of drug-likeness (QED) is 0.541. The molecule has 4 nitrogen and oxygen atoms in total. The van der Waals surface area contributed by atoms with E-state index >= 15 is 0 Å². The maximum absolute atomic E-state index is 3.78. The fourth-order valence-electron chi connectivity index (χ4n) is 1.80. The molecule has 0 spiro atoms. The first kappa shape index (κ1) is 17.8. The van der Waals surface area contributed by atoms with Gasteiger partial charge in [-0.3, -0.25) is 4.98 Å². The van der Waals surface area contributed by atoms with Crippen LogP contribution in [0.4, 0.5) is 0 Å². The van der Waals surface area contributed by atoms with Crippen molar-refractivity contribution >= 4 is 12.2 Å². The van der Waals surface area contributed by atoms with E-state index in [2.05, 4.69) is 56.8 Å². The molecule has 0 unspecified atom stereocenters. The van der Waals surface area contributed by atoms with Gasteiger partial charge in [-0.05, 0) is 23.3 Å². The van der Waals surface area contributed by atoms with Crippen LogP contribution in [0.25, 0.3) is 12.2 Å². The summed E-state index contributed by atoms with van der Waals surface area (Å²) in [6.07, 6.45) is 10.9. The monoisotopic (exact) mass is 328 g/mol. The van der Waals surface area contributed by atoms with E-state index in [1.165, 1.54) is 11.1 Å². The average Bonchev–Trinajstić information content (AvgIpc) is 3.30.